The lowest BCUT2D eigenvalue weighted by molar-refractivity contribution is 0.515. The van der Waals surface area contributed by atoms with Crippen LogP contribution in [0.5, 0.6) is 0 Å². The molecular weight excluding hydrogens is 153 g/mol. The molecule has 0 aromatic carbocycles. The number of nitrogens with zero attached hydrogens (tertiary/aromatic N) is 1. The molecule has 0 fully saturated rings. The molecule has 0 radical (unpaired) electrons. The van der Waals surface area contributed by atoms with Crippen molar-refractivity contribution in [2.45, 2.75) is 0 Å². The Kier molecular flexibility index (Phi) is 21.6. The Morgan fingerprint density at radius 1 is 1.29 bits per heavy atom. The van der Waals surface area contributed by atoms with Gasteiger partial charge in [0.15, 0.2) is 0 Å². The third-order valence-electron chi connectivity index (χ3n) is 0.211. The highest BCUT2D eigenvalue weighted by Gasteiger charge is 1.71. The van der Waals surface area contributed by atoms with Crippen LogP contribution < -0.4 is 0 Å². The summed E-state index contributed by atoms with van der Waals surface area (Å²) in [4.78, 5) is 0. The van der Waals surface area contributed by atoms with Crippen LogP contribution >= 0.6 is 24.8 Å². The average molecular weight is 162 g/mol. The van der Waals surface area contributed by atoms with Crippen LogP contribution in [0.1, 0.15) is 0 Å². The van der Waals surface area contributed by atoms with E-state index >= 15 is 0 Å². The fourth-order valence-corrected chi connectivity index (χ4v) is 0. The minimum absolute atomic E-state index is 0. The van der Waals surface area contributed by atoms with E-state index in [2.05, 4.69) is 0 Å². The Morgan fingerprint density at radius 3 is 1.43 bits per heavy atom. The molecule has 0 saturated heterocycles. The molecule has 0 spiro atoms. The topological polar surface area (TPSA) is 20.3 Å². The second kappa shape index (κ2) is 9.64. The predicted octanol–water partition coefficient (Wildman–Crippen LogP) is 0.0886. The zero-order valence-corrected chi connectivity index (χ0v) is 7.04. The van der Waals surface area contributed by atoms with Crippen molar-refractivity contribution in [2.24, 2.45) is 0 Å². The van der Waals surface area contributed by atoms with E-state index in [-0.39, 0.29) is 24.8 Å². The number of rotatable bonds is 1. The van der Waals surface area contributed by atoms with E-state index < -0.39 is 9.57 Å². The van der Waals surface area contributed by atoms with Gasteiger partial charge in [0, 0.05) is 0 Å². The van der Waals surface area contributed by atoms with E-state index in [0.717, 1.165) is 0 Å². The minimum atomic E-state index is -0.685. The lowest BCUT2D eigenvalue weighted by atomic mass is 11.3. The lowest BCUT2D eigenvalue weighted by Gasteiger charge is -1.93. The van der Waals surface area contributed by atoms with Crippen LogP contribution in [-0.2, 0) is 4.46 Å². The normalized spacial score (nSPS) is 4.86. The highest BCUT2D eigenvalue weighted by molar-refractivity contribution is 6.12. The first-order valence-corrected chi connectivity index (χ1v) is 2.38. The van der Waals surface area contributed by atoms with Gasteiger partial charge in [0.2, 0.25) is 0 Å². The Labute approximate surface area is 58.1 Å². The van der Waals surface area contributed by atoms with Crippen molar-refractivity contribution in [1.29, 1.82) is 0 Å². The molecule has 0 aromatic rings. The zero-order chi connectivity index (χ0) is 4.28. The SMILES string of the molecule is CN(C)[SiH]=O.Cl.Cl. The van der Waals surface area contributed by atoms with Gasteiger partial charge in [-0.2, -0.15) is 0 Å². The van der Waals surface area contributed by atoms with Crippen molar-refractivity contribution in [2.75, 3.05) is 14.1 Å². The van der Waals surface area contributed by atoms with Crippen LogP contribution in [0.15, 0.2) is 0 Å². The van der Waals surface area contributed by atoms with E-state index in [9.17, 15) is 4.46 Å². The van der Waals surface area contributed by atoms with E-state index in [1.807, 2.05) is 0 Å². The molecule has 0 saturated carbocycles. The van der Waals surface area contributed by atoms with Crippen molar-refractivity contribution < 1.29 is 4.46 Å². The molecule has 0 rings (SSSR count). The molecule has 0 aliphatic rings. The van der Waals surface area contributed by atoms with Crippen LogP contribution in [0, 0.1) is 0 Å². The summed E-state index contributed by atoms with van der Waals surface area (Å²) >= 11 is 0. The Morgan fingerprint density at radius 2 is 1.43 bits per heavy atom. The first-order valence-electron chi connectivity index (χ1n) is 1.39. The van der Waals surface area contributed by atoms with Crippen LogP contribution in [0.3, 0.4) is 0 Å². The molecule has 5 heteroatoms. The monoisotopic (exact) mass is 161 g/mol. The fraction of sp³-hybridized carbons (Fsp3) is 1.00. The van der Waals surface area contributed by atoms with Crippen LogP contribution in [0.25, 0.3) is 0 Å². The van der Waals surface area contributed by atoms with Gasteiger partial charge in [-0.25, -0.2) is 0 Å². The van der Waals surface area contributed by atoms with Crippen molar-refractivity contribution in [3.63, 3.8) is 0 Å². The summed E-state index contributed by atoms with van der Waals surface area (Å²) in [5.41, 5.74) is 0. The maximum absolute atomic E-state index is 9.64. The summed E-state index contributed by atoms with van der Waals surface area (Å²) in [5, 5.41) is 0. The van der Waals surface area contributed by atoms with Gasteiger partial charge in [-0.05, 0) is 14.1 Å². The Balaban J connectivity index is -0.0000000800. The fourth-order valence-electron chi connectivity index (χ4n) is 0. The summed E-state index contributed by atoms with van der Waals surface area (Å²) in [6, 6.07) is 0. The molecule has 0 aliphatic heterocycles. The first kappa shape index (κ1) is 15.7. The quantitative estimate of drug-likeness (QED) is 0.509. The van der Waals surface area contributed by atoms with Gasteiger partial charge in [0.25, 0.3) is 0 Å². The molecule has 7 heavy (non-hydrogen) atoms. The molecule has 0 heterocycles. The summed E-state index contributed by atoms with van der Waals surface area (Å²) < 4.78 is 11.3. The molecule has 0 aromatic heterocycles. The van der Waals surface area contributed by atoms with Gasteiger partial charge in [-0.1, -0.05) is 0 Å². The average Bonchev–Trinajstić information content (AvgIpc) is 1.38. The van der Waals surface area contributed by atoms with Crippen molar-refractivity contribution in [3.05, 3.63) is 0 Å². The third-order valence-corrected chi connectivity index (χ3v) is 0.632. The summed E-state index contributed by atoms with van der Waals surface area (Å²) in [6.45, 7) is 0. The minimum Gasteiger partial charge on any atom is -0.385 e. The van der Waals surface area contributed by atoms with Crippen LogP contribution in [0.2, 0.25) is 0 Å². The molecule has 46 valence electrons. The molecule has 0 N–H and O–H groups in total. The largest absolute Gasteiger partial charge is 0.385 e. The van der Waals surface area contributed by atoms with Gasteiger partial charge >= 0.3 is 9.57 Å². The van der Waals surface area contributed by atoms with Gasteiger partial charge < -0.3 is 9.03 Å². The van der Waals surface area contributed by atoms with Gasteiger partial charge in [-0.15, -0.1) is 24.8 Å². The third kappa shape index (κ3) is 21.5. The van der Waals surface area contributed by atoms with Gasteiger partial charge in [-0.3, -0.25) is 0 Å². The van der Waals surface area contributed by atoms with E-state index in [1.54, 1.807) is 18.7 Å². The van der Waals surface area contributed by atoms with Crippen molar-refractivity contribution in [3.8, 4) is 0 Å². The van der Waals surface area contributed by atoms with Crippen molar-refractivity contribution >= 4 is 34.4 Å². The smallest absolute Gasteiger partial charge is 0.378 e. The molecule has 0 bridgehead atoms. The molecular formula is C2H9Cl2NOSi. The maximum atomic E-state index is 9.64. The first-order chi connectivity index (χ1) is 2.27. The summed E-state index contributed by atoms with van der Waals surface area (Å²) in [7, 11) is 2.87. The van der Waals surface area contributed by atoms with E-state index in [4.69, 9.17) is 0 Å². The number of halogens is 2. The van der Waals surface area contributed by atoms with E-state index in [0.29, 0.717) is 0 Å². The molecule has 0 atom stereocenters. The molecule has 2 nitrogen and oxygen atoms in total. The Hall–Kier alpha value is 0.397. The standard InChI is InChI=1S/C2H7NOSi.2ClH/c1-3(2)5-4;;/h5H,1-2H3;2*1H. The molecule has 0 amide bonds. The molecule has 0 aliphatic carbocycles. The van der Waals surface area contributed by atoms with Crippen LogP contribution in [0.4, 0.5) is 0 Å². The zero-order valence-electron chi connectivity index (χ0n) is 4.25. The number of hydrogen-bond acceptors (Lipinski definition) is 1. The second-order valence-electron chi connectivity index (χ2n) is 1.07. The number of hydrogen-bond donors (Lipinski definition) is 0. The van der Waals surface area contributed by atoms with Crippen molar-refractivity contribution in [1.82, 2.24) is 4.57 Å². The summed E-state index contributed by atoms with van der Waals surface area (Å²) in [5.74, 6) is 0. The molecule has 0 unspecified atom stereocenters. The summed E-state index contributed by atoms with van der Waals surface area (Å²) in [6.07, 6.45) is 0. The highest BCUT2D eigenvalue weighted by Crippen LogP contribution is 1.50. The second-order valence-corrected chi connectivity index (χ2v) is 2.31. The predicted molar refractivity (Wildman–Crippen MR) is 36.0 cm³/mol. The Bertz CT molecular complexity index is 42.7. The van der Waals surface area contributed by atoms with Crippen LogP contribution in [-0.4, -0.2) is 28.2 Å². The highest BCUT2D eigenvalue weighted by atomic mass is 35.5. The lowest BCUT2D eigenvalue weighted by Crippen LogP contribution is -2.08. The van der Waals surface area contributed by atoms with Gasteiger partial charge in [0.1, 0.15) is 0 Å². The van der Waals surface area contributed by atoms with Gasteiger partial charge in [0.05, 0.1) is 0 Å². The maximum Gasteiger partial charge on any atom is 0.378 e. The van der Waals surface area contributed by atoms with E-state index in [1.165, 1.54) is 0 Å².